The van der Waals surface area contributed by atoms with Crippen LogP contribution in [-0.4, -0.2) is 25.7 Å². The van der Waals surface area contributed by atoms with E-state index in [0.717, 1.165) is 19.3 Å². The summed E-state index contributed by atoms with van der Waals surface area (Å²) in [6.07, 6.45) is 4.16. The Hall–Kier alpha value is -0.980. The van der Waals surface area contributed by atoms with Gasteiger partial charge in [-0.25, -0.2) is 17.5 Å². The van der Waals surface area contributed by atoms with E-state index in [0.29, 0.717) is 18.4 Å². The highest BCUT2D eigenvalue weighted by Gasteiger charge is 2.30. The summed E-state index contributed by atoms with van der Waals surface area (Å²) >= 11 is 0. The summed E-state index contributed by atoms with van der Waals surface area (Å²) in [6.45, 7) is 0.0324. The first-order chi connectivity index (χ1) is 9.39. The highest BCUT2D eigenvalue weighted by molar-refractivity contribution is 7.88. The lowest BCUT2D eigenvalue weighted by Crippen LogP contribution is -2.44. The predicted molar refractivity (Wildman–Crippen MR) is 75.1 cm³/mol. The molecule has 1 aliphatic carbocycles. The molecule has 1 aromatic rings. The van der Waals surface area contributed by atoms with E-state index in [4.69, 9.17) is 0 Å². The van der Waals surface area contributed by atoms with Gasteiger partial charge in [0.2, 0.25) is 10.0 Å². The van der Waals surface area contributed by atoms with E-state index >= 15 is 0 Å². The van der Waals surface area contributed by atoms with Gasteiger partial charge in [0, 0.05) is 6.54 Å². The first-order valence-electron chi connectivity index (χ1n) is 6.83. The van der Waals surface area contributed by atoms with E-state index in [-0.39, 0.29) is 12.3 Å². The Morgan fingerprint density at radius 3 is 2.60 bits per heavy atom. The molecule has 0 heterocycles. The molecule has 1 saturated carbocycles. The van der Waals surface area contributed by atoms with Crippen LogP contribution in [0.25, 0.3) is 0 Å². The third-order valence-electron chi connectivity index (χ3n) is 3.65. The van der Waals surface area contributed by atoms with Gasteiger partial charge in [0.15, 0.2) is 0 Å². The third-order valence-corrected chi connectivity index (χ3v) is 4.95. The highest BCUT2D eigenvalue weighted by Crippen LogP contribution is 2.27. The summed E-state index contributed by atoms with van der Waals surface area (Å²) in [6, 6.07) is 5.52. The van der Waals surface area contributed by atoms with Crippen molar-refractivity contribution < 1.29 is 17.9 Å². The fraction of sp³-hybridized carbons (Fsp3) is 0.571. The largest absolute Gasteiger partial charge is 0.389 e. The molecule has 2 N–H and O–H groups in total. The summed E-state index contributed by atoms with van der Waals surface area (Å²) in [5, 5.41) is 10.3. The van der Waals surface area contributed by atoms with Crippen LogP contribution in [-0.2, 0) is 15.8 Å². The average molecular weight is 301 g/mol. The number of nitrogens with one attached hydrogen (secondary N) is 1. The van der Waals surface area contributed by atoms with Crippen LogP contribution in [0.4, 0.5) is 4.39 Å². The Kier molecular flexibility index (Phi) is 4.78. The summed E-state index contributed by atoms with van der Waals surface area (Å²) in [5.74, 6) is -0.732. The van der Waals surface area contributed by atoms with E-state index in [1.54, 1.807) is 6.07 Å². The van der Waals surface area contributed by atoms with Crippen LogP contribution in [0, 0.1) is 5.82 Å². The molecule has 1 aliphatic rings. The van der Waals surface area contributed by atoms with E-state index in [1.165, 1.54) is 18.2 Å². The van der Waals surface area contributed by atoms with Crippen LogP contribution in [0.3, 0.4) is 0 Å². The van der Waals surface area contributed by atoms with Crippen molar-refractivity contribution in [1.29, 1.82) is 0 Å². The first kappa shape index (κ1) is 15.4. The predicted octanol–water partition coefficient (Wildman–Crippen LogP) is 1.94. The molecule has 4 nitrogen and oxygen atoms in total. The second-order valence-electron chi connectivity index (χ2n) is 5.50. The Labute approximate surface area is 119 Å². The number of rotatable bonds is 5. The van der Waals surface area contributed by atoms with Crippen molar-refractivity contribution in [3.05, 3.63) is 35.6 Å². The molecule has 0 saturated heterocycles. The summed E-state index contributed by atoms with van der Waals surface area (Å²) in [7, 11) is -3.57. The second kappa shape index (κ2) is 6.20. The molecule has 0 amide bonds. The number of benzene rings is 1. The maximum atomic E-state index is 13.0. The maximum absolute atomic E-state index is 13.0. The molecule has 0 aliphatic heterocycles. The third kappa shape index (κ3) is 4.54. The number of hydrogen-bond acceptors (Lipinski definition) is 3. The Morgan fingerprint density at radius 2 is 1.95 bits per heavy atom. The monoisotopic (exact) mass is 301 g/mol. The van der Waals surface area contributed by atoms with E-state index in [1.807, 2.05) is 0 Å². The lowest BCUT2D eigenvalue weighted by Gasteiger charge is -2.32. The van der Waals surface area contributed by atoms with Gasteiger partial charge >= 0.3 is 0 Å². The van der Waals surface area contributed by atoms with Crippen molar-refractivity contribution >= 4 is 10.0 Å². The van der Waals surface area contributed by atoms with Crippen LogP contribution in [0.1, 0.15) is 37.7 Å². The van der Waals surface area contributed by atoms with Crippen LogP contribution in [0.15, 0.2) is 24.3 Å². The molecule has 0 bridgehead atoms. The smallest absolute Gasteiger partial charge is 0.215 e. The SMILES string of the molecule is O=S(=O)(Cc1cccc(F)c1)NCC1(O)CCCCC1. The zero-order valence-electron chi connectivity index (χ0n) is 11.3. The topological polar surface area (TPSA) is 66.4 Å². The van der Waals surface area contributed by atoms with Crippen LogP contribution in [0.5, 0.6) is 0 Å². The van der Waals surface area contributed by atoms with Crippen LogP contribution < -0.4 is 4.72 Å². The van der Waals surface area contributed by atoms with E-state index in [9.17, 15) is 17.9 Å². The summed E-state index contributed by atoms with van der Waals surface area (Å²) in [4.78, 5) is 0. The van der Waals surface area contributed by atoms with Crippen molar-refractivity contribution in [2.75, 3.05) is 6.54 Å². The molecule has 2 rings (SSSR count). The van der Waals surface area contributed by atoms with E-state index in [2.05, 4.69) is 4.72 Å². The van der Waals surface area contributed by atoms with Gasteiger partial charge in [-0.2, -0.15) is 0 Å². The standard InChI is InChI=1S/C14H20FNO3S/c15-13-6-4-5-12(9-13)10-20(18,19)16-11-14(17)7-2-1-3-8-14/h4-6,9,16-17H,1-3,7-8,10-11H2. The van der Waals surface area contributed by atoms with Crippen molar-refractivity contribution in [3.63, 3.8) is 0 Å². The van der Waals surface area contributed by atoms with Gasteiger partial charge < -0.3 is 5.11 Å². The Balaban J connectivity index is 1.94. The summed E-state index contributed by atoms with van der Waals surface area (Å²) < 4.78 is 39.4. The van der Waals surface area contributed by atoms with Crippen LogP contribution >= 0.6 is 0 Å². The van der Waals surface area contributed by atoms with Gasteiger partial charge in [0.25, 0.3) is 0 Å². The number of halogens is 1. The normalized spacial score (nSPS) is 18.9. The maximum Gasteiger partial charge on any atom is 0.215 e. The van der Waals surface area contributed by atoms with E-state index < -0.39 is 21.4 Å². The molecular weight excluding hydrogens is 281 g/mol. The number of sulfonamides is 1. The van der Waals surface area contributed by atoms with Gasteiger partial charge in [0.1, 0.15) is 5.82 Å². The average Bonchev–Trinajstić information content (AvgIpc) is 2.37. The lowest BCUT2D eigenvalue weighted by molar-refractivity contribution is 0.00944. The second-order valence-corrected chi connectivity index (χ2v) is 7.30. The first-order valence-corrected chi connectivity index (χ1v) is 8.48. The zero-order chi connectivity index (χ0) is 14.6. The molecule has 1 fully saturated rings. The minimum atomic E-state index is -3.57. The molecule has 0 aromatic heterocycles. The van der Waals surface area contributed by atoms with Crippen molar-refractivity contribution in [2.24, 2.45) is 0 Å². The molecule has 112 valence electrons. The Morgan fingerprint density at radius 1 is 1.25 bits per heavy atom. The van der Waals surface area contributed by atoms with Crippen molar-refractivity contribution in [2.45, 2.75) is 43.5 Å². The molecule has 0 atom stereocenters. The van der Waals surface area contributed by atoms with Crippen LogP contribution in [0.2, 0.25) is 0 Å². The fourth-order valence-corrected chi connectivity index (χ4v) is 3.74. The van der Waals surface area contributed by atoms with Gasteiger partial charge in [0.05, 0.1) is 11.4 Å². The minimum absolute atomic E-state index is 0.0324. The zero-order valence-corrected chi connectivity index (χ0v) is 12.1. The van der Waals surface area contributed by atoms with Gasteiger partial charge in [-0.1, -0.05) is 31.4 Å². The van der Waals surface area contributed by atoms with Gasteiger partial charge in [-0.05, 0) is 30.5 Å². The molecule has 0 spiro atoms. The highest BCUT2D eigenvalue weighted by atomic mass is 32.2. The van der Waals surface area contributed by atoms with Crippen molar-refractivity contribution in [1.82, 2.24) is 4.72 Å². The number of hydrogen-bond donors (Lipinski definition) is 2. The lowest BCUT2D eigenvalue weighted by atomic mass is 9.85. The molecule has 0 unspecified atom stereocenters. The van der Waals surface area contributed by atoms with Gasteiger partial charge in [-0.15, -0.1) is 0 Å². The molecule has 20 heavy (non-hydrogen) atoms. The Bertz CT molecular complexity index is 553. The molecule has 0 radical (unpaired) electrons. The quantitative estimate of drug-likeness (QED) is 0.873. The fourth-order valence-electron chi connectivity index (χ4n) is 2.53. The molecule has 6 heteroatoms. The molecule has 1 aromatic carbocycles. The molecular formula is C14H20FNO3S. The summed E-state index contributed by atoms with van der Waals surface area (Å²) in [5.41, 5.74) is -0.541. The van der Waals surface area contributed by atoms with Gasteiger partial charge in [-0.3, -0.25) is 0 Å². The number of aliphatic hydroxyl groups is 1. The minimum Gasteiger partial charge on any atom is -0.389 e. The van der Waals surface area contributed by atoms with Crippen molar-refractivity contribution in [3.8, 4) is 0 Å².